The molecule has 224 valence electrons. The Kier molecular flexibility index (Phi) is 9.44. The summed E-state index contributed by atoms with van der Waals surface area (Å²) in [4.78, 5) is 33.3. The third-order valence-electron chi connectivity index (χ3n) is 9.08. The Balaban J connectivity index is 0.000000210. The molecule has 8 nitrogen and oxygen atoms in total. The van der Waals surface area contributed by atoms with Crippen LogP contribution in [0.25, 0.3) is 0 Å². The fraction of sp³-hybridized carbons (Fsp3) is 0.750. The van der Waals surface area contributed by atoms with Crippen LogP contribution in [-0.4, -0.2) is 77.2 Å². The average molecular weight is 588 g/mol. The van der Waals surface area contributed by atoms with E-state index in [1.54, 1.807) is 4.90 Å². The highest BCUT2D eigenvalue weighted by Crippen LogP contribution is 2.50. The molecule has 4 aliphatic rings. The molecular formula is C28H41ClF3N5O3. The van der Waals surface area contributed by atoms with E-state index >= 15 is 0 Å². The quantitative estimate of drug-likeness (QED) is 0.519. The number of urea groups is 1. The Morgan fingerprint density at radius 2 is 1.68 bits per heavy atom. The SMILES string of the molecule is CC1CC2CC(CC(C)(C(N)=O)C2)C1O.O=C(N1CCCCC1)N1CCN(c2ncc(C(F)(F)F)cc2Cl)CC1. The van der Waals surface area contributed by atoms with E-state index in [9.17, 15) is 27.9 Å². The minimum atomic E-state index is -4.46. The fourth-order valence-electron chi connectivity index (χ4n) is 6.88. The zero-order chi connectivity index (χ0) is 29.2. The summed E-state index contributed by atoms with van der Waals surface area (Å²) >= 11 is 6.00. The van der Waals surface area contributed by atoms with E-state index in [4.69, 9.17) is 17.3 Å². The van der Waals surface area contributed by atoms with Gasteiger partial charge in [-0.2, -0.15) is 13.2 Å². The van der Waals surface area contributed by atoms with E-state index in [0.717, 1.165) is 70.3 Å². The minimum absolute atomic E-state index is 0.0226. The van der Waals surface area contributed by atoms with Gasteiger partial charge in [0.05, 0.1) is 16.7 Å². The molecule has 2 saturated heterocycles. The standard InChI is InChI=1S/C16H20ClF3N4O.C12H21NO2/c17-13-10-12(16(18,19)20)11-21-14(13)22-6-8-24(9-7-22)15(25)23-4-2-1-3-5-23;1-7-3-8-4-9(10(7)14)6-12(2,5-8)11(13)15/h10-11H,1-9H2;7-10,14H,3-6H2,1-2H3,(H2,13,15). The van der Waals surface area contributed by atoms with Crippen molar-refractivity contribution < 1.29 is 27.9 Å². The topological polar surface area (TPSA) is 103 Å². The largest absolute Gasteiger partial charge is 0.417 e. The molecule has 3 N–H and O–H groups in total. The van der Waals surface area contributed by atoms with E-state index in [-0.39, 0.29) is 34.4 Å². The van der Waals surface area contributed by atoms with Crippen molar-refractivity contribution in [2.75, 3.05) is 44.2 Å². The lowest BCUT2D eigenvalue weighted by Crippen LogP contribution is -2.53. The number of primary amides is 1. The number of aromatic nitrogens is 1. The number of pyridine rings is 1. The van der Waals surface area contributed by atoms with Gasteiger partial charge in [0.15, 0.2) is 0 Å². The third-order valence-corrected chi connectivity index (χ3v) is 9.36. The molecule has 5 unspecified atom stereocenters. The number of halogens is 4. The number of piperidine rings is 1. The minimum Gasteiger partial charge on any atom is -0.393 e. The molecule has 2 saturated carbocycles. The first-order valence-electron chi connectivity index (χ1n) is 14.3. The van der Waals surface area contributed by atoms with Crippen LogP contribution >= 0.6 is 11.6 Å². The summed E-state index contributed by atoms with van der Waals surface area (Å²) in [7, 11) is 0. The van der Waals surface area contributed by atoms with Crippen LogP contribution in [0.5, 0.6) is 0 Å². The Hall–Kier alpha value is -2.27. The normalized spacial score (nSPS) is 30.8. The lowest BCUT2D eigenvalue weighted by Gasteiger charge is -2.48. The summed E-state index contributed by atoms with van der Waals surface area (Å²) in [6.45, 7) is 7.67. The van der Waals surface area contributed by atoms with Crippen LogP contribution in [0.4, 0.5) is 23.8 Å². The van der Waals surface area contributed by atoms with Gasteiger partial charge in [-0.05, 0) is 68.8 Å². The first-order valence-corrected chi connectivity index (χ1v) is 14.7. The third kappa shape index (κ3) is 6.95. The Morgan fingerprint density at radius 1 is 1.05 bits per heavy atom. The molecular weight excluding hydrogens is 547 g/mol. The molecule has 5 atom stereocenters. The average Bonchev–Trinajstić information content (AvgIpc) is 2.91. The first kappa shape index (κ1) is 30.7. The molecule has 2 aliphatic heterocycles. The van der Waals surface area contributed by atoms with Gasteiger partial charge in [-0.3, -0.25) is 4.79 Å². The molecule has 2 bridgehead atoms. The van der Waals surface area contributed by atoms with E-state index in [1.165, 1.54) is 0 Å². The Morgan fingerprint density at radius 3 is 2.25 bits per heavy atom. The zero-order valence-electron chi connectivity index (χ0n) is 23.3. The summed E-state index contributed by atoms with van der Waals surface area (Å²) in [6, 6.07) is 0.945. The van der Waals surface area contributed by atoms with Gasteiger partial charge in [-0.1, -0.05) is 25.4 Å². The number of nitrogens with zero attached hydrogens (tertiary/aromatic N) is 4. The molecule has 5 rings (SSSR count). The molecule has 0 spiro atoms. The van der Waals surface area contributed by atoms with Crippen molar-refractivity contribution in [3.05, 3.63) is 22.8 Å². The monoisotopic (exact) mass is 587 g/mol. The van der Waals surface area contributed by atoms with Gasteiger partial charge in [0, 0.05) is 50.9 Å². The van der Waals surface area contributed by atoms with Crippen LogP contribution in [0.1, 0.15) is 64.4 Å². The number of nitrogens with two attached hydrogens (primary N) is 1. The maximum atomic E-state index is 12.7. The molecule has 40 heavy (non-hydrogen) atoms. The number of piperazine rings is 1. The number of amides is 3. The van der Waals surface area contributed by atoms with Crippen LogP contribution in [0, 0.1) is 23.2 Å². The van der Waals surface area contributed by atoms with Crippen molar-refractivity contribution in [3.63, 3.8) is 0 Å². The van der Waals surface area contributed by atoms with Crippen LogP contribution in [0.15, 0.2) is 12.3 Å². The molecule has 1 aromatic rings. The number of alkyl halides is 3. The second-order valence-corrected chi connectivity index (χ2v) is 12.6. The summed E-state index contributed by atoms with van der Waals surface area (Å²) in [5.74, 6) is 1.38. The number of anilines is 1. The number of fused-ring (bicyclic) bond motifs is 2. The van der Waals surface area contributed by atoms with E-state index in [1.807, 2.05) is 16.7 Å². The summed E-state index contributed by atoms with van der Waals surface area (Å²) in [5.41, 5.74) is 4.22. The number of rotatable bonds is 2. The number of aliphatic hydroxyl groups is 1. The van der Waals surface area contributed by atoms with Crippen molar-refractivity contribution in [1.29, 1.82) is 0 Å². The smallest absolute Gasteiger partial charge is 0.393 e. The van der Waals surface area contributed by atoms with Crippen molar-refractivity contribution in [2.24, 2.45) is 28.9 Å². The number of carbonyl (C=O) groups excluding carboxylic acids is 2. The highest BCUT2D eigenvalue weighted by Gasteiger charge is 2.47. The molecule has 3 heterocycles. The summed E-state index contributed by atoms with van der Waals surface area (Å²) < 4.78 is 38.1. The maximum absolute atomic E-state index is 12.7. The summed E-state index contributed by atoms with van der Waals surface area (Å²) in [6.07, 6.45) is 3.14. The Bertz CT molecular complexity index is 1060. The van der Waals surface area contributed by atoms with E-state index in [2.05, 4.69) is 11.9 Å². The van der Waals surface area contributed by atoms with Crippen molar-refractivity contribution in [3.8, 4) is 0 Å². The van der Waals surface area contributed by atoms with Gasteiger partial charge < -0.3 is 25.5 Å². The molecule has 3 amide bonds. The second kappa shape index (κ2) is 12.3. The number of aliphatic hydroxyl groups excluding tert-OH is 1. The molecule has 0 radical (unpaired) electrons. The van der Waals surface area contributed by atoms with Crippen LogP contribution in [0.3, 0.4) is 0 Å². The molecule has 4 fully saturated rings. The number of likely N-dealkylation sites (tertiary alicyclic amines) is 1. The number of hydrogen-bond acceptors (Lipinski definition) is 5. The van der Waals surface area contributed by atoms with Gasteiger partial charge in [0.2, 0.25) is 5.91 Å². The maximum Gasteiger partial charge on any atom is 0.417 e. The highest BCUT2D eigenvalue weighted by atomic mass is 35.5. The number of carbonyl (C=O) groups is 2. The van der Waals surface area contributed by atoms with Crippen LogP contribution in [-0.2, 0) is 11.0 Å². The van der Waals surface area contributed by atoms with Gasteiger partial charge >= 0.3 is 12.2 Å². The van der Waals surface area contributed by atoms with Gasteiger partial charge in [0.25, 0.3) is 0 Å². The van der Waals surface area contributed by atoms with Gasteiger partial charge in [0.1, 0.15) is 5.82 Å². The predicted molar refractivity (Wildman–Crippen MR) is 147 cm³/mol. The molecule has 2 aliphatic carbocycles. The van der Waals surface area contributed by atoms with Crippen LogP contribution in [0.2, 0.25) is 5.02 Å². The second-order valence-electron chi connectivity index (χ2n) is 12.2. The molecule has 12 heteroatoms. The van der Waals surface area contributed by atoms with Crippen molar-refractivity contribution in [1.82, 2.24) is 14.8 Å². The fourth-order valence-corrected chi connectivity index (χ4v) is 7.16. The first-order chi connectivity index (χ1) is 18.8. The van der Waals surface area contributed by atoms with E-state index < -0.39 is 11.7 Å². The van der Waals surface area contributed by atoms with E-state index in [0.29, 0.717) is 43.8 Å². The van der Waals surface area contributed by atoms with Crippen molar-refractivity contribution in [2.45, 2.75) is 71.1 Å². The predicted octanol–water partition coefficient (Wildman–Crippen LogP) is 4.78. The number of hydrogen-bond donors (Lipinski definition) is 2. The molecule has 1 aromatic heterocycles. The van der Waals surface area contributed by atoms with Crippen molar-refractivity contribution >= 4 is 29.4 Å². The zero-order valence-corrected chi connectivity index (χ0v) is 24.1. The molecule has 0 aromatic carbocycles. The van der Waals surface area contributed by atoms with Gasteiger partial charge in [-0.25, -0.2) is 9.78 Å². The highest BCUT2D eigenvalue weighted by molar-refractivity contribution is 6.33. The Labute approximate surface area is 239 Å². The lowest BCUT2D eigenvalue weighted by molar-refractivity contribution is -0.138. The van der Waals surface area contributed by atoms with Gasteiger partial charge in [-0.15, -0.1) is 0 Å². The summed E-state index contributed by atoms with van der Waals surface area (Å²) in [5, 5.41) is 10.0. The lowest BCUT2D eigenvalue weighted by atomic mass is 9.58. The van der Waals surface area contributed by atoms with Crippen LogP contribution < -0.4 is 10.6 Å².